The van der Waals surface area contributed by atoms with Crippen LogP contribution in [0.15, 0.2) is 54.6 Å². The predicted octanol–water partition coefficient (Wildman–Crippen LogP) is 3.94. The summed E-state index contributed by atoms with van der Waals surface area (Å²) in [5.74, 6) is -1.56. The van der Waals surface area contributed by atoms with Gasteiger partial charge in [0.15, 0.2) is 0 Å². The van der Waals surface area contributed by atoms with Crippen molar-refractivity contribution < 1.29 is 14.7 Å². The SMILES string of the molecule is CC(CN(C)C(=O)NC(Cc1ccccc1)c1nc2ccccc2s1)C(=O)O. The van der Waals surface area contributed by atoms with Gasteiger partial charge in [-0.25, -0.2) is 9.78 Å². The normalized spacial score (nSPS) is 13.1. The maximum atomic E-state index is 12.7. The Balaban J connectivity index is 1.81. The van der Waals surface area contributed by atoms with Gasteiger partial charge in [-0.05, 0) is 24.1 Å². The van der Waals surface area contributed by atoms with E-state index in [1.807, 2.05) is 54.6 Å². The van der Waals surface area contributed by atoms with Gasteiger partial charge in [0, 0.05) is 13.6 Å². The highest BCUT2D eigenvalue weighted by atomic mass is 32.1. The van der Waals surface area contributed by atoms with E-state index in [0.717, 1.165) is 20.8 Å². The molecule has 0 saturated heterocycles. The van der Waals surface area contributed by atoms with E-state index in [0.29, 0.717) is 6.42 Å². The molecule has 0 aliphatic carbocycles. The number of fused-ring (bicyclic) bond motifs is 1. The lowest BCUT2D eigenvalue weighted by molar-refractivity contribution is -0.141. The summed E-state index contributed by atoms with van der Waals surface area (Å²) in [6.45, 7) is 1.72. The fourth-order valence-electron chi connectivity index (χ4n) is 2.92. The van der Waals surface area contributed by atoms with E-state index in [2.05, 4.69) is 5.32 Å². The van der Waals surface area contributed by atoms with E-state index in [9.17, 15) is 9.59 Å². The topological polar surface area (TPSA) is 82.5 Å². The van der Waals surface area contributed by atoms with Gasteiger partial charge in [0.25, 0.3) is 0 Å². The first-order chi connectivity index (χ1) is 13.4. The molecule has 2 unspecified atom stereocenters. The Kier molecular flexibility index (Phi) is 6.26. The molecule has 2 amide bonds. The molecule has 3 aromatic rings. The van der Waals surface area contributed by atoms with Gasteiger partial charge in [0.2, 0.25) is 0 Å². The first-order valence-corrected chi connectivity index (χ1v) is 9.89. The quantitative estimate of drug-likeness (QED) is 0.633. The summed E-state index contributed by atoms with van der Waals surface area (Å²) in [7, 11) is 1.60. The number of thiazole rings is 1. The summed E-state index contributed by atoms with van der Waals surface area (Å²) in [6, 6.07) is 17.2. The molecule has 0 bridgehead atoms. The second kappa shape index (κ2) is 8.84. The minimum absolute atomic E-state index is 0.138. The van der Waals surface area contributed by atoms with Crippen molar-refractivity contribution >= 4 is 33.6 Å². The molecule has 2 atom stereocenters. The molecule has 0 aliphatic rings. The Bertz CT molecular complexity index is 925. The standard InChI is InChI=1S/C21H23N3O3S/c1-14(20(25)26)13-24(2)21(27)23-17(12-15-8-4-3-5-9-15)19-22-16-10-6-7-11-18(16)28-19/h3-11,14,17H,12-13H2,1-2H3,(H,23,27)(H,25,26). The number of rotatable bonds is 7. The van der Waals surface area contributed by atoms with Crippen LogP contribution >= 0.6 is 11.3 Å². The number of aromatic nitrogens is 1. The number of carboxylic acids is 1. The van der Waals surface area contributed by atoms with Gasteiger partial charge in [-0.3, -0.25) is 4.79 Å². The zero-order valence-corrected chi connectivity index (χ0v) is 16.6. The van der Waals surface area contributed by atoms with Gasteiger partial charge < -0.3 is 15.3 Å². The van der Waals surface area contributed by atoms with Crippen molar-refractivity contribution in [1.82, 2.24) is 15.2 Å². The average Bonchev–Trinajstić information content (AvgIpc) is 3.12. The van der Waals surface area contributed by atoms with Crippen LogP contribution in [0.1, 0.15) is 23.5 Å². The zero-order valence-electron chi connectivity index (χ0n) is 15.8. The van der Waals surface area contributed by atoms with Crippen molar-refractivity contribution in [1.29, 1.82) is 0 Å². The van der Waals surface area contributed by atoms with Crippen LogP contribution in [-0.4, -0.2) is 40.6 Å². The van der Waals surface area contributed by atoms with E-state index in [1.165, 1.54) is 4.90 Å². The molecule has 1 aromatic heterocycles. The monoisotopic (exact) mass is 397 g/mol. The molecule has 0 radical (unpaired) electrons. The van der Waals surface area contributed by atoms with Crippen LogP contribution in [-0.2, 0) is 11.2 Å². The number of carbonyl (C=O) groups excluding carboxylic acids is 1. The average molecular weight is 398 g/mol. The van der Waals surface area contributed by atoms with Crippen molar-refractivity contribution in [2.75, 3.05) is 13.6 Å². The Morgan fingerprint density at radius 3 is 2.50 bits per heavy atom. The van der Waals surface area contributed by atoms with Gasteiger partial charge >= 0.3 is 12.0 Å². The Hall–Kier alpha value is -2.93. The van der Waals surface area contributed by atoms with Crippen molar-refractivity contribution in [3.8, 4) is 0 Å². The lowest BCUT2D eigenvalue weighted by atomic mass is 10.1. The van der Waals surface area contributed by atoms with E-state index in [-0.39, 0.29) is 18.6 Å². The van der Waals surface area contributed by atoms with Crippen LogP contribution in [0.2, 0.25) is 0 Å². The lowest BCUT2D eigenvalue weighted by Crippen LogP contribution is -2.42. The number of nitrogens with zero attached hydrogens (tertiary/aromatic N) is 2. The van der Waals surface area contributed by atoms with Gasteiger partial charge in [0.05, 0.1) is 22.2 Å². The van der Waals surface area contributed by atoms with E-state index < -0.39 is 11.9 Å². The van der Waals surface area contributed by atoms with E-state index in [4.69, 9.17) is 10.1 Å². The molecule has 0 aliphatic heterocycles. The van der Waals surface area contributed by atoms with Crippen LogP contribution < -0.4 is 5.32 Å². The maximum absolute atomic E-state index is 12.7. The van der Waals surface area contributed by atoms with Crippen molar-refractivity contribution in [2.24, 2.45) is 5.92 Å². The first kappa shape index (κ1) is 19.8. The Morgan fingerprint density at radius 2 is 1.82 bits per heavy atom. The molecule has 2 N–H and O–H groups in total. The highest BCUT2D eigenvalue weighted by Crippen LogP contribution is 2.28. The summed E-state index contributed by atoms with van der Waals surface area (Å²) in [6.07, 6.45) is 0.606. The fourth-order valence-corrected chi connectivity index (χ4v) is 3.94. The first-order valence-electron chi connectivity index (χ1n) is 9.08. The molecule has 146 valence electrons. The Labute approximate surface area is 167 Å². The number of aliphatic carboxylic acids is 1. The fraction of sp³-hybridized carbons (Fsp3) is 0.286. The van der Waals surface area contributed by atoms with Crippen LogP contribution in [0.25, 0.3) is 10.2 Å². The van der Waals surface area contributed by atoms with Crippen LogP contribution in [0, 0.1) is 5.92 Å². The van der Waals surface area contributed by atoms with Crippen LogP contribution in [0.3, 0.4) is 0 Å². The second-order valence-electron chi connectivity index (χ2n) is 6.83. The number of para-hydroxylation sites is 1. The number of hydrogen-bond acceptors (Lipinski definition) is 4. The molecule has 6 nitrogen and oxygen atoms in total. The third-order valence-electron chi connectivity index (χ3n) is 4.50. The van der Waals surface area contributed by atoms with Crippen molar-refractivity contribution in [3.63, 3.8) is 0 Å². The number of amides is 2. The highest BCUT2D eigenvalue weighted by Gasteiger charge is 2.23. The minimum Gasteiger partial charge on any atom is -0.481 e. The van der Waals surface area contributed by atoms with Crippen LogP contribution in [0.5, 0.6) is 0 Å². The van der Waals surface area contributed by atoms with Gasteiger partial charge in [-0.1, -0.05) is 49.4 Å². The maximum Gasteiger partial charge on any atom is 0.317 e. The van der Waals surface area contributed by atoms with Gasteiger partial charge in [-0.15, -0.1) is 11.3 Å². The molecule has 3 rings (SSSR count). The second-order valence-corrected chi connectivity index (χ2v) is 7.89. The van der Waals surface area contributed by atoms with Gasteiger partial charge in [0.1, 0.15) is 5.01 Å². The molecule has 0 spiro atoms. The van der Waals surface area contributed by atoms with Crippen molar-refractivity contribution in [3.05, 3.63) is 65.2 Å². The summed E-state index contributed by atoms with van der Waals surface area (Å²) in [5.41, 5.74) is 2.00. The van der Waals surface area contributed by atoms with Crippen molar-refractivity contribution in [2.45, 2.75) is 19.4 Å². The van der Waals surface area contributed by atoms with E-state index >= 15 is 0 Å². The largest absolute Gasteiger partial charge is 0.481 e. The molecular weight excluding hydrogens is 374 g/mol. The number of carbonyl (C=O) groups is 2. The molecular formula is C21H23N3O3S. The number of hydrogen-bond donors (Lipinski definition) is 2. The molecule has 2 aromatic carbocycles. The van der Waals surface area contributed by atoms with Crippen LogP contribution in [0.4, 0.5) is 4.79 Å². The summed E-state index contributed by atoms with van der Waals surface area (Å²) >= 11 is 1.56. The van der Waals surface area contributed by atoms with E-state index in [1.54, 1.807) is 25.3 Å². The third-order valence-corrected chi connectivity index (χ3v) is 5.65. The number of carboxylic acid groups (broad SMARTS) is 1. The van der Waals surface area contributed by atoms with Gasteiger partial charge in [-0.2, -0.15) is 0 Å². The molecule has 28 heavy (non-hydrogen) atoms. The summed E-state index contributed by atoms with van der Waals surface area (Å²) in [4.78, 5) is 29.9. The summed E-state index contributed by atoms with van der Waals surface area (Å²) < 4.78 is 1.07. The smallest absolute Gasteiger partial charge is 0.317 e. The molecule has 0 saturated carbocycles. The minimum atomic E-state index is -0.924. The molecule has 0 fully saturated rings. The molecule has 7 heteroatoms. The highest BCUT2D eigenvalue weighted by molar-refractivity contribution is 7.18. The number of benzene rings is 2. The number of nitrogens with one attached hydrogen (secondary N) is 1. The third kappa shape index (κ3) is 4.86. The number of urea groups is 1. The summed E-state index contributed by atoms with van der Waals surface area (Å²) in [5, 5.41) is 12.9. The molecule has 1 heterocycles. The Morgan fingerprint density at radius 1 is 1.14 bits per heavy atom. The zero-order chi connectivity index (χ0) is 20.1. The lowest BCUT2D eigenvalue weighted by Gasteiger charge is -2.24. The predicted molar refractivity (Wildman–Crippen MR) is 110 cm³/mol.